The highest BCUT2D eigenvalue weighted by molar-refractivity contribution is 5.80. The van der Waals surface area contributed by atoms with Crippen molar-refractivity contribution in [3.8, 4) is 5.75 Å². The average Bonchev–Trinajstić information content (AvgIpc) is 3.29. The van der Waals surface area contributed by atoms with Crippen molar-refractivity contribution in [3.05, 3.63) is 42.2 Å². The smallest absolute Gasteiger partial charge is 0.191 e. The van der Waals surface area contributed by atoms with Gasteiger partial charge in [0, 0.05) is 44.5 Å². The zero-order valence-corrected chi connectivity index (χ0v) is 15.8. The minimum absolute atomic E-state index is 0.353. The summed E-state index contributed by atoms with van der Waals surface area (Å²) >= 11 is 0. The van der Waals surface area contributed by atoms with Gasteiger partial charge in [-0.1, -0.05) is 12.1 Å². The van der Waals surface area contributed by atoms with Crippen molar-refractivity contribution in [1.29, 1.82) is 0 Å². The topological polar surface area (TPSA) is 66.7 Å². The Morgan fingerprint density at radius 3 is 2.96 bits per heavy atom. The van der Waals surface area contributed by atoms with Crippen molar-refractivity contribution < 1.29 is 4.74 Å². The summed E-state index contributed by atoms with van der Waals surface area (Å²) in [5, 5.41) is 11.1. The lowest BCUT2D eigenvalue weighted by atomic mass is 10.2. The number of aliphatic imine (C=N–C) groups is 1. The molecule has 0 bridgehead atoms. The minimum atomic E-state index is 0.353. The van der Waals surface area contributed by atoms with Crippen LogP contribution in [0.15, 0.2) is 41.7 Å². The molecule has 1 atom stereocenters. The van der Waals surface area contributed by atoms with E-state index in [1.807, 2.05) is 31.6 Å². The predicted molar refractivity (Wildman–Crippen MR) is 105 cm³/mol. The molecule has 7 nitrogen and oxygen atoms in total. The van der Waals surface area contributed by atoms with Gasteiger partial charge in [0.15, 0.2) is 5.96 Å². The van der Waals surface area contributed by atoms with Gasteiger partial charge in [-0.3, -0.25) is 4.68 Å². The first-order valence-electron chi connectivity index (χ1n) is 9.10. The Labute approximate surface area is 155 Å². The van der Waals surface area contributed by atoms with Gasteiger partial charge in [0.2, 0.25) is 0 Å². The summed E-state index contributed by atoms with van der Waals surface area (Å²) in [5.74, 6) is 1.77. The van der Waals surface area contributed by atoms with E-state index in [0.717, 1.165) is 49.0 Å². The lowest BCUT2D eigenvalue weighted by Gasteiger charge is -2.22. The molecule has 1 fully saturated rings. The molecule has 0 saturated carbocycles. The van der Waals surface area contributed by atoms with Crippen LogP contribution >= 0.6 is 0 Å². The van der Waals surface area contributed by atoms with Crippen LogP contribution in [0, 0.1) is 0 Å². The minimum Gasteiger partial charge on any atom is -0.495 e. The zero-order valence-electron chi connectivity index (χ0n) is 15.8. The number of benzene rings is 1. The monoisotopic (exact) mass is 356 g/mol. The van der Waals surface area contributed by atoms with Gasteiger partial charge in [-0.2, -0.15) is 5.10 Å². The third kappa shape index (κ3) is 4.47. The van der Waals surface area contributed by atoms with E-state index in [4.69, 9.17) is 4.74 Å². The third-order valence-corrected chi connectivity index (χ3v) is 4.48. The molecule has 3 rings (SSSR count). The van der Waals surface area contributed by atoms with Crippen LogP contribution in [0.1, 0.15) is 18.9 Å². The molecule has 1 unspecified atom stereocenters. The van der Waals surface area contributed by atoms with Crippen LogP contribution in [0.3, 0.4) is 0 Å². The maximum Gasteiger partial charge on any atom is 0.191 e. The van der Waals surface area contributed by atoms with Crippen molar-refractivity contribution in [1.82, 2.24) is 20.4 Å². The van der Waals surface area contributed by atoms with E-state index in [0.29, 0.717) is 12.6 Å². The Kier molecular flexibility index (Phi) is 5.99. The number of nitrogens with zero attached hydrogens (tertiary/aromatic N) is 4. The molecule has 0 aliphatic carbocycles. The molecule has 26 heavy (non-hydrogen) atoms. The van der Waals surface area contributed by atoms with Crippen LogP contribution < -0.4 is 20.3 Å². The second-order valence-corrected chi connectivity index (χ2v) is 6.47. The zero-order chi connectivity index (χ0) is 18.4. The first kappa shape index (κ1) is 18.1. The fourth-order valence-electron chi connectivity index (χ4n) is 3.23. The number of aryl methyl sites for hydroxylation is 1. The number of guanidine groups is 1. The molecule has 2 N–H and O–H groups in total. The van der Waals surface area contributed by atoms with Gasteiger partial charge in [-0.25, -0.2) is 4.99 Å². The second kappa shape index (κ2) is 8.60. The molecule has 140 valence electrons. The molecule has 2 heterocycles. The van der Waals surface area contributed by atoms with Crippen molar-refractivity contribution in [2.45, 2.75) is 25.9 Å². The molecule has 1 aliphatic heterocycles. The largest absolute Gasteiger partial charge is 0.495 e. The molecule has 0 amide bonds. The number of aromatic nitrogens is 2. The quantitative estimate of drug-likeness (QED) is 0.610. The number of hydrogen-bond donors (Lipinski definition) is 2. The van der Waals surface area contributed by atoms with Gasteiger partial charge in [0.1, 0.15) is 5.75 Å². The normalized spacial score (nSPS) is 17.4. The Bertz CT molecular complexity index is 741. The molecule has 1 aromatic heterocycles. The van der Waals surface area contributed by atoms with Crippen LogP contribution in [0.2, 0.25) is 0 Å². The number of rotatable bonds is 6. The van der Waals surface area contributed by atoms with Crippen LogP contribution in [-0.4, -0.2) is 48.5 Å². The molecule has 0 radical (unpaired) electrons. The SMILES string of the molecule is CCNC(=NCc1cnn(C)c1)NC1CCN(c2ccccc2OC)C1. The molecule has 1 saturated heterocycles. The van der Waals surface area contributed by atoms with E-state index >= 15 is 0 Å². The summed E-state index contributed by atoms with van der Waals surface area (Å²) in [6.45, 7) is 5.46. The predicted octanol–water partition coefficient (Wildman–Crippen LogP) is 1.76. The van der Waals surface area contributed by atoms with E-state index < -0.39 is 0 Å². The maximum absolute atomic E-state index is 5.50. The molecule has 1 aromatic carbocycles. The number of hydrogen-bond acceptors (Lipinski definition) is 4. The number of anilines is 1. The number of ether oxygens (including phenoxy) is 1. The Hall–Kier alpha value is -2.70. The van der Waals surface area contributed by atoms with Crippen molar-refractivity contribution in [2.24, 2.45) is 12.0 Å². The van der Waals surface area contributed by atoms with Crippen molar-refractivity contribution in [2.75, 3.05) is 31.6 Å². The highest BCUT2D eigenvalue weighted by atomic mass is 16.5. The van der Waals surface area contributed by atoms with Gasteiger partial charge in [-0.05, 0) is 25.5 Å². The fourth-order valence-corrected chi connectivity index (χ4v) is 3.23. The Morgan fingerprint density at radius 1 is 1.38 bits per heavy atom. The van der Waals surface area contributed by atoms with Crippen molar-refractivity contribution >= 4 is 11.6 Å². The summed E-state index contributed by atoms with van der Waals surface area (Å²) in [4.78, 5) is 7.05. The van der Waals surface area contributed by atoms with E-state index in [1.165, 1.54) is 0 Å². The van der Waals surface area contributed by atoms with Crippen LogP contribution in [0.5, 0.6) is 5.75 Å². The molecule has 1 aliphatic rings. The third-order valence-electron chi connectivity index (χ3n) is 4.48. The molecular formula is C19H28N6O. The molecule has 7 heteroatoms. The fraction of sp³-hybridized carbons (Fsp3) is 0.474. The summed E-state index contributed by atoms with van der Waals surface area (Å²) in [5.41, 5.74) is 2.25. The number of nitrogens with one attached hydrogen (secondary N) is 2. The Morgan fingerprint density at radius 2 is 2.23 bits per heavy atom. The second-order valence-electron chi connectivity index (χ2n) is 6.47. The number of methoxy groups -OCH3 is 1. The standard InChI is InChI=1S/C19H28N6O/c1-4-20-19(21-11-15-12-22-24(2)13-15)23-16-9-10-25(14-16)17-7-5-6-8-18(17)26-3/h5-8,12-13,16H,4,9-11,14H2,1-3H3,(H2,20,21,23). The van der Waals surface area contributed by atoms with E-state index in [-0.39, 0.29) is 0 Å². The molecule has 2 aromatic rings. The van der Waals surface area contributed by atoms with Gasteiger partial charge < -0.3 is 20.3 Å². The summed E-state index contributed by atoms with van der Waals surface area (Å²) in [6.07, 6.45) is 4.91. The molecular weight excluding hydrogens is 328 g/mol. The van der Waals surface area contributed by atoms with Gasteiger partial charge in [0.05, 0.1) is 25.5 Å². The van der Waals surface area contributed by atoms with E-state index in [2.05, 4.69) is 44.7 Å². The highest BCUT2D eigenvalue weighted by Crippen LogP contribution is 2.30. The Balaban J connectivity index is 1.61. The van der Waals surface area contributed by atoms with E-state index in [9.17, 15) is 0 Å². The first-order valence-corrected chi connectivity index (χ1v) is 9.10. The lowest BCUT2D eigenvalue weighted by Crippen LogP contribution is -2.44. The highest BCUT2D eigenvalue weighted by Gasteiger charge is 2.25. The van der Waals surface area contributed by atoms with Crippen LogP contribution in [-0.2, 0) is 13.6 Å². The molecule has 0 spiro atoms. The first-order chi connectivity index (χ1) is 12.7. The average molecular weight is 356 g/mol. The summed E-state index contributed by atoms with van der Waals surface area (Å²) in [7, 11) is 3.64. The number of para-hydroxylation sites is 2. The van der Waals surface area contributed by atoms with Crippen LogP contribution in [0.25, 0.3) is 0 Å². The van der Waals surface area contributed by atoms with Gasteiger partial charge in [0.25, 0.3) is 0 Å². The van der Waals surface area contributed by atoms with Crippen molar-refractivity contribution in [3.63, 3.8) is 0 Å². The summed E-state index contributed by atoms with van der Waals surface area (Å²) < 4.78 is 7.30. The van der Waals surface area contributed by atoms with Crippen LogP contribution in [0.4, 0.5) is 5.69 Å². The van der Waals surface area contributed by atoms with E-state index in [1.54, 1.807) is 11.8 Å². The summed E-state index contributed by atoms with van der Waals surface area (Å²) in [6, 6.07) is 8.53. The van der Waals surface area contributed by atoms with Gasteiger partial charge in [-0.15, -0.1) is 0 Å². The van der Waals surface area contributed by atoms with Gasteiger partial charge >= 0.3 is 0 Å². The maximum atomic E-state index is 5.50. The lowest BCUT2D eigenvalue weighted by molar-refractivity contribution is 0.415.